The zero-order valence-electron chi connectivity index (χ0n) is 19.6. The van der Waals surface area contributed by atoms with Crippen LogP contribution in [0.3, 0.4) is 0 Å². The molecule has 2 aromatic heterocycles. The number of nitrogens with one attached hydrogen (secondary N) is 4. The fraction of sp³-hybridized carbons (Fsp3) is 0.222. The lowest BCUT2D eigenvalue weighted by Gasteiger charge is -2.08. The molecule has 4 rings (SSSR count). The van der Waals surface area contributed by atoms with Gasteiger partial charge in [0.2, 0.25) is 0 Å². The Hall–Kier alpha value is -3.97. The van der Waals surface area contributed by atoms with Crippen molar-refractivity contribution in [2.45, 2.75) is 39.3 Å². The Balaban J connectivity index is 1.90. The number of benzene rings is 2. The zero-order chi connectivity index (χ0) is 23.9. The average molecular weight is 454 g/mol. The predicted molar refractivity (Wildman–Crippen MR) is 140 cm³/mol. The van der Waals surface area contributed by atoms with Gasteiger partial charge in [-0.15, -0.1) is 0 Å². The molecule has 6 N–H and O–H groups in total. The summed E-state index contributed by atoms with van der Waals surface area (Å²) < 4.78 is 0. The topological polar surface area (TPSA) is 119 Å². The highest BCUT2D eigenvalue weighted by Gasteiger charge is 2.15. The zero-order valence-corrected chi connectivity index (χ0v) is 19.6. The van der Waals surface area contributed by atoms with Crippen LogP contribution in [0.5, 0.6) is 0 Å². The molecule has 1 atom stereocenters. The number of unbranched alkanes of at least 4 members (excludes halogenated alkanes) is 1. The Labute approximate surface area is 199 Å². The Morgan fingerprint density at radius 3 is 2.35 bits per heavy atom. The van der Waals surface area contributed by atoms with E-state index in [4.69, 9.17) is 11.1 Å². The monoisotopic (exact) mass is 453 g/mol. The molecule has 7 heteroatoms. The Morgan fingerprint density at radius 2 is 1.71 bits per heavy atom. The first-order chi connectivity index (χ1) is 16.5. The summed E-state index contributed by atoms with van der Waals surface area (Å²) in [7, 11) is 0. The minimum Gasteiger partial charge on any atom is -0.353 e. The lowest BCUT2D eigenvalue weighted by Crippen LogP contribution is -2.27. The van der Waals surface area contributed by atoms with Crippen molar-refractivity contribution < 1.29 is 0 Å². The third-order valence-corrected chi connectivity index (χ3v) is 5.50. The molecular weight excluding hydrogens is 422 g/mol. The molecule has 0 amide bonds. The lowest BCUT2D eigenvalue weighted by molar-refractivity contribution is 0.840. The predicted octanol–water partition coefficient (Wildman–Crippen LogP) is 4.00. The van der Waals surface area contributed by atoms with Crippen molar-refractivity contribution >= 4 is 23.7 Å². The van der Waals surface area contributed by atoms with E-state index < -0.39 is 0 Å². The van der Waals surface area contributed by atoms with Crippen LogP contribution in [0.15, 0.2) is 60.7 Å². The van der Waals surface area contributed by atoms with Gasteiger partial charge in [0.05, 0.1) is 22.9 Å². The Morgan fingerprint density at radius 1 is 1.03 bits per heavy atom. The van der Waals surface area contributed by atoms with E-state index in [1.54, 1.807) is 0 Å². The standard InChI is InChI=1S/C27H31N7/c1-18(28)11-9-10-16-24-22(25(32-31-24)20-12-5-3-6-13-20)17-23-26(21-14-7-4-8-15-21)33-34-27(23)30-19(2)29/h3-8,12-17,19,28,31H,9-11,29H2,1-2H3,(H2,30,33,34)/b22-17+,24-16-,28-18?. The van der Waals surface area contributed by atoms with E-state index in [1.165, 1.54) is 0 Å². The van der Waals surface area contributed by atoms with E-state index >= 15 is 0 Å². The number of hydrogen-bond donors (Lipinski definition) is 5. The van der Waals surface area contributed by atoms with E-state index in [2.05, 4.69) is 62.1 Å². The second-order valence-corrected chi connectivity index (χ2v) is 8.45. The molecule has 4 aromatic rings. The molecule has 2 aromatic carbocycles. The van der Waals surface area contributed by atoms with Crippen LogP contribution in [-0.2, 0) is 0 Å². The molecule has 174 valence electrons. The molecule has 1 unspecified atom stereocenters. The smallest absolute Gasteiger partial charge is 0.156 e. The summed E-state index contributed by atoms with van der Waals surface area (Å²) in [6.45, 7) is 3.73. The number of anilines is 1. The van der Waals surface area contributed by atoms with E-state index in [9.17, 15) is 0 Å². The summed E-state index contributed by atoms with van der Waals surface area (Å²) in [6, 6.07) is 20.3. The molecule has 2 heterocycles. The minimum absolute atomic E-state index is 0.257. The molecule has 0 saturated heterocycles. The first kappa shape index (κ1) is 23.2. The molecule has 0 fully saturated rings. The van der Waals surface area contributed by atoms with E-state index in [0.29, 0.717) is 11.5 Å². The molecule has 0 spiro atoms. The van der Waals surface area contributed by atoms with Crippen molar-refractivity contribution in [2.75, 3.05) is 5.32 Å². The van der Waals surface area contributed by atoms with E-state index in [0.717, 1.165) is 57.9 Å². The lowest BCUT2D eigenvalue weighted by atomic mass is 10.0. The maximum Gasteiger partial charge on any atom is 0.156 e. The molecule has 7 nitrogen and oxygen atoms in total. The van der Waals surface area contributed by atoms with Gasteiger partial charge in [0.15, 0.2) is 5.82 Å². The molecule has 0 bridgehead atoms. The van der Waals surface area contributed by atoms with Crippen molar-refractivity contribution in [3.63, 3.8) is 0 Å². The minimum atomic E-state index is -0.257. The van der Waals surface area contributed by atoms with Gasteiger partial charge in [-0.1, -0.05) is 66.7 Å². The van der Waals surface area contributed by atoms with Gasteiger partial charge in [-0.25, -0.2) is 0 Å². The number of H-pyrrole nitrogens is 2. The van der Waals surface area contributed by atoms with Gasteiger partial charge in [0, 0.05) is 27.6 Å². The number of aromatic amines is 2. The van der Waals surface area contributed by atoms with Crippen LogP contribution in [0, 0.1) is 5.41 Å². The van der Waals surface area contributed by atoms with Crippen LogP contribution >= 0.6 is 0 Å². The van der Waals surface area contributed by atoms with Crippen LogP contribution in [0.4, 0.5) is 5.82 Å². The molecule has 0 radical (unpaired) electrons. The summed E-state index contributed by atoms with van der Waals surface area (Å²) in [5.41, 5.74) is 11.5. The number of rotatable bonds is 9. The van der Waals surface area contributed by atoms with Crippen LogP contribution in [0.25, 0.3) is 34.7 Å². The Kier molecular flexibility index (Phi) is 7.34. The van der Waals surface area contributed by atoms with Gasteiger partial charge in [0.1, 0.15) is 0 Å². The first-order valence-corrected chi connectivity index (χ1v) is 11.5. The van der Waals surface area contributed by atoms with Gasteiger partial charge < -0.3 is 16.5 Å². The van der Waals surface area contributed by atoms with Crippen molar-refractivity contribution in [1.29, 1.82) is 5.41 Å². The van der Waals surface area contributed by atoms with Crippen LogP contribution in [0.2, 0.25) is 0 Å². The van der Waals surface area contributed by atoms with Gasteiger partial charge in [-0.3, -0.25) is 10.2 Å². The number of aromatic nitrogens is 4. The highest BCUT2D eigenvalue weighted by molar-refractivity contribution is 5.80. The van der Waals surface area contributed by atoms with Gasteiger partial charge in [-0.2, -0.15) is 10.2 Å². The third-order valence-electron chi connectivity index (χ3n) is 5.50. The Bertz CT molecular complexity index is 1350. The average Bonchev–Trinajstić information content (AvgIpc) is 3.42. The van der Waals surface area contributed by atoms with Gasteiger partial charge >= 0.3 is 0 Å². The second kappa shape index (κ2) is 10.8. The van der Waals surface area contributed by atoms with Crippen molar-refractivity contribution in [1.82, 2.24) is 20.4 Å². The molecule has 0 saturated carbocycles. The number of hydrogen-bond acceptors (Lipinski definition) is 5. The van der Waals surface area contributed by atoms with Crippen LogP contribution < -0.4 is 21.6 Å². The molecule has 34 heavy (non-hydrogen) atoms. The first-order valence-electron chi connectivity index (χ1n) is 11.5. The summed E-state index contributed by atoms with van der Waals surface area (Å²) in [5, 5.41) is 28.5. The molecule has 0 aliphatic carbocycles. The highest BCUT2D eigenvalue weighted by Crippen LogP contribution is 2.27. The van der Waals surface area contributed by atoms with Crippen molar-refractivity contribution in [2.24, 2.45) is 5.73 Å². The highest BCUT2D eigenvalue weighted by atomic mass is 15.2. The van der Waals surface area contributed by atoms with E-state index in [1.807, 2.05) is 50.2 Å². The molecular formula is C27H31N7. The normalized spacial score (nSPS) is 13.3. The van der Waals surface area contributed by atoms with Crippen molar-refractivity contribution in [3.8, 4) is 22.5 Å². The maximum atomic E-state index is 7.68. The fourth-order valence-electron chi connectivity index (χ4n) is 3.88. The second-order valence-electron chi connectivity index (χ2n) is 8.45. The summed E-state index contributed by atoms with van der Waals surface area (Å²) in [6.07, 6.45) is 6.60. The summed E-state index contributed by atoms with van der Waals surface area (Å²) in [4.78, 5) is 0. The van der Waals surface area contributed by atoms with Crippen molar-refractivity contribution in [3.05, 3.63) is 76.8 Å². The van der Waals surface area contributed by atoms with Crippen LogP contribution in [0.1, 0.15) is 38.7 Å². The van der Waals surface area contributed by atoms with Gasteiger partial charge in [-0.05, 0) is 39.2 Å². The quantitative estimate of drug-likeness (QED) is 0.149. The molecule has 0 aliphatic rings. The maximum absolute atomic E-state index is 7.68. The van der Waals surface area contributed by atoms with E-state index in [-0.39, 0.29) is 6.17 Å². The largest absolute Gasteiger partial charge is 0.353 e. The molecule has 0 aliphatic heterocycles. The summed E-state index contributed by atoms with van der Waals surface area (Å²) in [5.74, 6) is 0.694. The number of nitrogens with two attached hydrogens (primary N) is 1. The fourth-order valence-corrected chi connectivity index (χ4v) is 3.88. The SMILES string of the molecule is CC(=N)CCC/C=c1\[nH]nc(-c2ccccc2)\c1=C\c1c(NC(C)N)n[nH]c1-c1ccccc1. The van der Waals surface area contributed by atoms with Gasteiger partial charge in [0.25, 0.3) is 0 Å². The third kappa shape index (κ3) is 5.50. The number of nitrogens with zero attached hydrogens (tertiary/aromatic N) is 2. The van der Waals surface area contributed by atoms with Crippen LogP contribution in [-0.4, -0.2) is 32.3 Å². The summed E-state index contributed by atoms with van der Waals surface area (Å²) >= 11 is 0.